The highest BCUT2D eigenvalue weighted by Gasteiger charge is 2.18. The molecule has 2 aromatic rings. The van der Waals surface area contributed by atoms with E-state index in [0.717, 1.165) is 41.9 Å². The Morgan fingerprint density at radius 2 is 2.19 bits per heavy atom. The monoisotopic (exact) mass is 306 g/mol. The quantitative estimate of drug-likeness (QED) is 0.840. The molecule has 114 valence electrons. The van der Waals surface area contributed by atoms with E-state index in [0.29, 0.717) is 11.6 Å². The van der Waals surface area contributed by atoms with E-state index in [1.54, 1.807) is 12.1 Å². The molecule has 1 aromatic heterocycles. The maximum atomic E-state index is 11.1. The molecule has 0 fully saturated rings. The number of fused-ring (bicyclic) bond motifs is 1. The number of benzene rings is 1. The molecule has 0 aliphatic carbocycles. The number of carboxylic acids is 1. The van der Waals surface area contributed by atoms with Gasteiger partial charge in [-0.1, -0.05) is 13.8 Å². The van der Waals surface area contributed by atoms with Crippen molar-refractivity contribution in [3.8, 4) is 0 Å². The molecule has 0 aliphatic heterocycles. The highest BCUT2D eigenvalue weighted by molar-refractivity contribution is 7.98. The molecule has 0 spiro atoms. The molecule has 5 heteroatoms. The lowest BCUT2D eigenvalue weighted by Crippen LogP contribution is -2.14. The Morgan fingerprint density at radius 1 is 1.43 bits per heavy atom. The number of imidazole rings is 1. The van der Waals surface area contributed by atoms with Crippen LogP contribution in [0.25, 0.3) is 11.0 Å². The summed E-state index contributed by atoms with van der Waals surface area (Å²) in [6.45, 7) is 4.33. The highest BCUT2D eigenvalue weighted by Crippen LogP contribution is 2.27. The summed E-state index contributed by atoms with van der Waals surface area (Å²) in [4.78, 5) is 15.8. The van der Waals surface area contributed by atoms with Crippen molar-refractivity contribution in [2.45, 2.75) is 39.2 Å². The van der Waals surface area contributed by atoms with Crippen molar-refractivity contribution in [1.29, 1.82) is 0 Å². The van der Waals surface area contributed by atoms with Crippen LogP contribution in [-0.2, 0) is 6.42 Å². The summed E-state index contributed by atoms with van der Waals surface area (Å²) < 4.78 is 2.31. The average Bonchev–Trinajstić information content (AvgIpc) is 2.82. The third-order valence-electron chi connectivity index (χ3n) is 3.68. The largest absolute Gasteiger partial charge is 0.478 e. The number of rotatable bonds is 7. The Balaban J connectivity index is 2.59. The molecule has 0 radical (unpaired) electrons. The minimum atomic E-state index is -0.903. The summed E-state index contributed by atoms with van der Waals surface area (Å²) in [5.41, 5.74) is 2.13. The standard InChI is InChI=1S/C16H22N2O2S/c1-4-6-15-17-13-9-11(16(19)20)7-8-14(13)18(15)12(5-2)10-21-3/h7-9,12H,4-6,10H2,1-3H3,(H,19,20). The van der Waals surface area contributed by atoms with E-state index in [1.807, 2.05) is 17.8 Å². The van der Waals surface area contributed by atoms with Gasteiger partial charge in [-0.25, -0.2) is 9.78 Å². The number of thioether (sulfide) groups is 1. The second kappa shape index (κ2) is 6.98. The number of carboxylic acid groups (broad SMARTS) is 1. The Morgan fingerprint density at radius 3 is 2.76 bits per heavy atom. The molecule has 0 saturated carbocycles. The first-order valence-corrected chi connectivity index (χ1v) is 8.74. The van der Waals surface area contributed by atoms with E-state index in [9.17, 15) is 4.79 Å². The molecule has 0 amide bonds. The summed E-state index contributed by atoms with van der Waals surface area (Å²) in [5, 5.41) is 9.13. The third-order valence-corrected chi connectivity index (χ3v) is 4.40. The molecular weight excluding hydrogens is 284 g/mol. The summed E-state index contributed by atoms with van der Waals surface area (Å²) in [6, 6.07) is 5.65. The smallest absolute Gasteiger partial charge is 0.335 e. The van der Waals surface area contributed by atoms with Crippen LogP contribution in [0.15, 0.2) is 18.2 Å². The van der Waals surface area contributed by atoms with Gasteiger partial charge in [-0.3, -0.25) is 0 Å². The molecule has 0 aliphatic rings. The summed E-state index contributed by atoms with van der Waals surface area (Å²) in [7, 11) is 0. The van der Waals surface area contributed by atoms with E-state index >= 15 is 0 Å². The lowest BCUT2D eigenvalue weighted by molar-refractivity contribution is 0.0697. The van der Waals surface area contributed by atoms with Gasteiger partial charge in [-0.2, -0.15) is 11.8 Å². The van der Waals surface area contributed by atoms with Crippen molar-refractivity contribution in [2.24, 2.45) is 0 Å². The van der Waals surface area contributed by atoms with Gasteiger partial charge >= 0.3 is 5.97 Å². The first-order chi connectivity index (χ1) is 10.1. The van der Waals surface area contributed by atoms with Crippen LogP contribution in [0.4, 0.5) is 0 Å². The first kappa shape index (κ1) is 15.9. The number of aromatic carboxylic acids is 1. The fraction of sp³-hybridized carbons (Fsp3) is 0.500. The van der Waals surface area contributed by atoms with Crippen LogP contribution in [0.3, 0.4) is 0 Å². The fourth-order valence-corrected chi connectivity index (χ4v) is 3.43. The van der Waals surface area contributed by atoms with Crippen molar-refractivity contribution in [3.05, 3.63) is 29.6 Å². The van der Waals surface area contributed by atoms with E-state index in [4.69, 9.17) is 5.11 Å². The Kier molecular flexibility index (Phi) is 5.28. The molecule has 1 heterocycles. The van der Waals surface area contributed by atoms with E-state index in [-0.39, 0.29) is 0 Å². The molecular formula is C16H22N2O2S. The van der Waals surface area contributed by atoms with Crippen LogP contribution >= 0.6 is 11.8 Å². The maximum absolute atomic E-state index is 11.1. The molecule has 1 N–H and O–H groups in total. The Labute approximate surface area is 129 Å². The van der Waals surface area contributed by atoms with Crippen molar-refractivity contribution < 1.29 is 9.90 Å². The molecule has 4 nitrogen and oxygen atoms in total. The molecule has 0 bridgehead atoms. The minimum Gasteiger partial charge on any atom is -0.478 e. The maximum Gasteiger partial charge on any atom is 0.335 e. The van der Waals surface area contributed by atoms with Crippen molar-refractivity contribution >= 4 is 28.8 Å². The summed E-state index contributed by atoms with van der Waals surface area (Å²) in [5.74, 6) is 1.20. The zero-order valence-corrected chi connectivity index (χ0v) is 13.6. The molecule has 1 unspecified atom stereocenters. The van der Waals surface area contributed by atoms with Crippen molar-refractivity contribution in [2.75, 3.05) is 12.0 Å². The molecule has 2 rings (SSSR count). The normalized spacial score (nSPS) is 12.7. The Bertz CT molecular complexity index is 636. The van der Waals surface area contributed by atoms with Gasteiger partial charge in [0.2, 0.25) is 0 Å². The van der Waals surface area contributed by atoms with Gasteiger partial charge in [-0.15, -0.1) is 0 Å². The lowest BCUT2D eigenvalue weighted by Gasteiger charge is -2.19. The van der Waals surface area contributed by atoms with Crippen LogP contribution in [-0.4, -0.2) is 32.6 Å². The van der Waals surface area contributed by atoms with Gasteiger partial charge < -0.3 is 9.67 Å². The number of carbonyl (C=O) groups is 1. The van der Waals surface area contributed by atoms with Gasteiger partial charge in [0.25, 0.3) is 0 Å². The molecule has 1 atom stereocenters. The molecule has 1 aromatic carbocycles. The van der Waals surface area contributed by atoms with Gasteiger partial charge in [0.15, 0.2) is 0 Å². The second-order valence-corrected chi connectivity index (χ2v) is 6.08. The zero-order chi connectivity index (χ0) is 15.4. The summed E-state index contributed by atoms with van der Waals surface area (Å²) >= 11 is 1.83. The fourth-order valence-electron chi connectivity index (χ4n) is 2.66. The van der Waals surface area contributed by atoms with Crippen molar-refractivity contribution in [3.63, 3.8) is 0 Å². The van der Waals surface area contributed by atoms with Crippen LogP contribution in [0, 0.1) is 0 Å². The molecule has 21 heavy (non-hydrogen) atoms. The number of aromatic nitrogens is 2. The summed E-state index contributed by atoms with van der Waals surface area (Å²) in [6.07, 6.45) is 5.11. The minimum absolute atomic E-state index is 0.299. The van der Waals surface area contributed by atoms with Gasteiger partial charge in [0, 0.05) is 18.2 Å². The zero-order valence-electron chi connectivity index (χ0n) is 12.8. The van der Waals surface area contributed by atoms with Crippen LogP contribution in [0.1, 0.15) is 48.9 Å². The van der Waals surface area contributed by atoms with Crippen LogP contribution in [0.2, 0.25) is 0 Å². The number of hydrogen-bond donors (Lipinski definition) is 1. The highest BCUT2D eigenvalue weighted by atomic mass is 32.2. The number of aryl methyl sites for hydroxylation is 1. The predicted molar refractivity (Wildman–Crippen MR) is 88.4 cm³/mol. The van der Waals surface area contributed by atoms with Crippen molar-refractivity contribution in [1.82, 2.24) is 9.55 Å². The topological polar surface area (TPSA) is 55.1 Å². The average molecular weight is 306 g/mol. The number of nitrogens with zero attached hydrogens (tertiary/aromatic N) is 2. The SMILES string of the molecule is CCCc1nc2cc(C(=O)O)ccc2n1C(CC)CSC. The van der Waals surface area contributed by atoms with Gasteiger partial charge in [0.1, 0.15) is 5.82 Å². The van der Waals surface area contributed by atoms with E-state index in [2.05, 4.69) is 29.7 Å². The van der Waals surface area contributed by atoms with Crippen LogP contribution < -0.4 is 0 Å². The van der Waals surface area contributed by atoms with E-state index in [1.165, 1.54) is 0 Å². The molecule has 0 saturated heterocycles. The lowest BCUT2D eigenvalue weighted by atomic mass is 10.2. The predicted octanol–water partition coefficient (Wildman–Crippen LogP) is 4.00. The van der Waals surface area contributed by atoms with Gasteiger partial charge in [0.05, 0.1) is 16.6 Å². The second-order valence-electron chi connectivity index (χ2n) is 5.17. The Hall–Kier alpha value is -1.49. The number of hydrogen-bond acceptors (Lipinski definition) is 3. The van der Waals surface area contributed by atoms with Crippen LogP contribution in [0.5, 0.6) is 0 Å². The van der Waals surface area contributed by atoms with Gasteiger partial charge in [-0.05, 0) is 37.3 Å². The van der Waals surface area contributed by atoms with E-state index < -0.39 is 5.97 Å². The third kappa shape index (κ3) is 3.23. The first-order valence-electron chi connectivity index (χ1n) is 7.35.